The van der Waals surface area contributed by atoms with Crippen molar-refractivity contribution in [2.75, 3.05) is 19.8 Å². The molecule has 0 rings (SSSR count). The molecule has 0 aliphatic rings. The van der Waals surface area contributed by atoms with E-state index < -0.39 is 17.7 Å². The van der Waals surface area contributed by atoms with Crippen LogP contribution in [0.5, 0.6) is 0 Å². The normalized spacial score (nSPS) is 11.6. The summed E-state index contributed by atoms with van der Waals surface area (Å²) >= 11 is 0. The summed E-state index contributed by atoms with van der Waals surface area (Å²) in [6.07, 6.45) is 7.77. The molecule has 0 saturated carbocycles. The number of hydrogen-bond donors (Lipinski definition) is 1. The van der Waals surface area contributed by atoms with Gasteiger partial charge in [0.1, 0.15) is 0 Å². The Morgan fingerprint density at radius 1 is 0.739 bits per heavy atom. The van der Waals surface area contributed by atoms with E-state index >= 15 is 0 Å². The quantitative estimate of drug-likeness (QED) is 0.227. The first kappa shape index (κ1) is 21.3. The number of carbonyl (C=O) groups excluding carboxylic acids is 1. The van der Waals surface area contributed by atoms with Gasteiger partial charge >= 0.3 is 11.9 Å². The van der Waals surface area contributed by atoms with Crippen molar-refractivity contribution >= 4 is 11.9 Å². The number of aliphatic carboxylic acids is 1. The van der Waals surface area contributed by atoms with E-state index in [1.165, 1.54) is 25.7 Å². The summed E-state index contributed by atoms with van der Waals surface area (Å²) in [6, 6.07) is 0. The van der Waals surface area contributed by atoms with Crippen LogP contribution in [0.25, 0.3) is 0 Å². The van der Waals surface area contributed by atoms with Crippen LogP contribution in [0.4, 0.5) is 0 Å². The summed E-state index contributed by atoms with van der Waals surface area (Å²) in [5.41, 5.74) is 0. The van der Waals surface area contributed by atoms with Gasteiger partial charge in [0, 0.05) is 0 Å². The first-order valence-corrected chi connectivity index (χ1v) is 8.48. The fourth-order valence-corrected chi connectivity index (χ4v) is 2.02. The first-order valence-electron chi connectivity index (χ1n) is 8.48. The molecule has 0 bridgehead atoms. The van der Waals surface area contributed by atoms with Crippen molar-refractivity contribution in [1.82, 2.24) is 0 Å². The fraction of sp³-hybridized carbons (Fsp3) is 0.765. The summed E-state index contributed by atoms with van der Waals surface area (Å²) in [4.78, 5) is 23.1. The van der Waals surface area contributed by atoms with E-state index in [0.717, 1.165) is 19.3 Å². The van der Waals surface area contributed by atoms with E-state index in [0.29, 0.717) is 0 Å². The van der Waals surface area contributed by atoms with Crippen LogP contribution in [0, 0.1) is 0 Å². The Balaban J connectivity index is 4.30. The van der Waals surface area contributed by atoms with Crippen LogP contribution >= 0.6 is 0 Å². The Bertz CT molecular complexity index is 375. The maximum atomic E-state index is 12.0. The molecule has 0 atom stereocenters. The molecule has 0 radical (unpaired) electrons. The third-order valence-electron chi connectivity index (χ3n) is 3.14. The second-order valence-electron chi connectivity index (χ2n) is 5.09. The fourth-order valence-electron chi connectivity index (χ4n) is 2.02. The molecule has 0 aliphatic heterocycles. The molecular formula is C17H30O6. The summed E-state index contributed by atoms with van der Waals surface area (Å²) in [6.45, 7) is 6.01. The molecule has 0 spiro atoms. The average Bonchev–Trinajstić information content (AvgIpc) is 2.52. The van der Waals surface area contributed by atoms with Crippen molar-refractivity contribution in [2.45, 2.75) is 65.7 Å². The molecule has 0 heterocycles. The number of hydrogen-bond acceptors (Lipinski definition) is 5. The average molecular weight is 330 g/mol. The predicted molar refractivity (Wildman–Crippen MR) is 86.9 cm³/mol. The zero-order chi connectivity index (χ0) is 17.5. The van der Waals surface area contributed by atoms with Gasteiger partial charge in [0.25, 0.3) is 11.5 Å². The topological polar surface area (TPSA) is 82.1 Å². The maximum absolute atomic E-state index is 12.0. The number of unbranched alkanes of at least 4 members (excludes halogenated alkanes) is 6. The minimum absolute atomic E-state index is 0.128. The lowest BCUT2D eigenvalue weighted by Crippen LogP contribution is -2.19. The van der Waals surface area contributed by atoms with Crippen molar-refractivity contribution in [3.63, 3.8) is 0 Å². The van der Waals surface area contributed by atoms with Crippen LogP contribution in [-0.2, 0) is 23.8 Å². The van der Waals surface area contributed by atoms with E-state index in [9.17, 15) is 9.59 Å². The molecule has 6 heteroatoms. The smallest absolute Gasteiger partial charge is 0.377 e. The van der Waals surface area contributed by atoms with E-state index in [1.54, 1.807) is 13.8 Å². The third kappa shape index (κ3) is 9.81. The van der Waals surface area contributed by atoms with E-state index in [1.807, 2.05) is 0 Å². The van der Waals surface area contributed by atoms with Gasteiger partial charge in [-0.15, -0.1) is 0 Å². The molecule has 134 valence electrons. The standard InChI is InChI=1S/C17H30O6/c1-4-7-8-9-10-11-12-13-23-17(20)15(22-6-3)14(16(18)19)21-5-2/h4-13H2,1-3H3,(H,18,19)/b15-14-. The molecule has 0 aliphatic carbocycles. The molecule has 1 N–H and O–H groups in total. The zero-order valence-electron chi connectivity index (χ0n) is 14.6. The molecule has 0 aromatic rings. The second kappa shape index (κ2) is 13.9. The molecule has 0 fully saturated rings. The highest BCUT2D eigenvalue weighted by atomic mass is 16.6. The van der Waals surface area contributed by atoms with Gasteiger partial charge in [-0.05, 0) is 20.3 Å². The number of carbonyl (C=O) groups is 2. The van der Waals surface area contributed by atoms with Gasteiger partial charge in [0.2, 0.25) is 0 Å². The van der Waals surface area contributed by atoms with Gasteiger partial charge < -0.3 is 19.3 Å². The number of esters is 1. The van der Waals surface area contributed by atoms with Crippen molar-refractivity contribution < 1.29 is 28.9 Å². The highest BCUT2D eigenvalue weighted by Gasteiger charge is 2.25. The van der Waals surface area contributed by atoms with Crippen LogP contribution in [0.1, 0.15) is 65.7 Å². The van der Waals surface area contributed by atoms with Gasteiger partial charge in [-0.25, -0.2) is 9.59 Å². The Kier molecular flexibility index (Phi) is 12.9. The van der Waals surface area contributed by atoms with Crippen molar-refractivity contribution in [3.8, 4) is 0 Å². The number of carboxylic acid groups (broad SMARTS) is 1. The Labute approximate surface area is 138 Å². The summed E-state index contributed by atoms with van der Waals surface area (Å²) < 4.78 is 15.2. The second-order valence-corrected chi connectivity index (χ2v) is 5.09. The molecule has 0 amide bonds. The number of rotatable bonds is 14. The van der Waals surface area contributed by atoms with Crippen LogP contribution in [-0.4, -0.2) is 36.9 Å². The molecule has 6 nitrogen and oxygen atoms in total. The minimum atomic E-state index is -1.34. The summed E-state index contributed by atoms with van der Waals surface area (Å²) in [5.74, 6) is -3.00. The molecule has 0 aromatic carbocycles. The van der Waals surface area contributed by atoms with Gasteiger partial charge in [0.15, 0.2) is 0 Å². The Morgan fingerprint density at radius 2 is 1.26 bits per heavy atom. The number of carboxylic acids is 1. The summed E-state index contributed by atoms with van der Waals surface area (Å²) in [5, 5.41) is 9.09. The van der Waals surface area contributed by atoms with E-state index in [4.69, 9.17) is 19.3 Å². The van der Waals surface area contributed by atoms with Gasteiger partial charge in [-0.3, -0.25) is 0 Å². The van der Waals surface area contributed by atoms with E-state index in [-0.39, 0.29) is 25.6 Å². The molecular weight excluding hydrogens is 300 g/mol. The Hall–Kier alpha value is -1.72. The minimum Gasteiger partial charge on any atom is -0.484 e. The highest BCUT2D eigenvalue weighted by Crippen LogP contribution is 2.12. The van der Waals surface area contributed by atoms with Gasteiger partial charge in [-0.2, -0.15) is 0 Å². The lowest BCUT2D eigenvalue weighted by Gasteiger charge is -2.12. The lowest BCUT2D eigenvalue weighted by molar-refractivity contribution is -0.146. The third-order valence-corrected chi connectivity index (χ3v) is 3.14. The molecule has 0 saturated heterocycles. The largest absolute Gasteiger partial charge is 0.484 e. The van der Waals surface area contributed by atoms with Crippen molar-refractivity contribution in [3.05, 3.63) is 11.5 Å². The van der Waals surface area contributed by atoms with Crippen LogP contribution in [0.3, 0.4) is 0 Å². The van der Waals surface area contributed by atoms with E-state index in [2.05, 4.69) is 6.92 Å². The van der Waals surface area contributed by atoms with Crippen LogP contribution in [0.15, 0.2) is 11.5 Å². The molecule has 0 aromatic heterocycles. The Morgan fingerprint density at radius 3 is 1.78 bits per heavy atom. The molecule has 0 unspecified atom stereocenters. The summed E-state index contributed by atoms with van der Waals surface area (Å²) in [7, 11) is 0. The van der Waals surface area contributed by atoms with Gasteiger partial charge in [0.05, 0.1) is 19.8 Å². The lowest BCUT2D eigenvalue weighted by atomic mass is 10.1. The number of ether oxygens (including phenoxy) is 3. The van der Waals surface area contributed by atoms with Gasteiger partial charge in [-0.1, -0.05) is 45.4 Å². The van der Waals surface area contributed by atoms with Crippen molar-refractivity contribution in [1.29, 1.82) is 0 Å². The van der Waals surface area contributed by atoms with Crippen LogP contribution < -0.4 is 0 Å². The predicted octanol–water partition coefficient (Wildman–Crippen LogP) is 3.65. The molecule has 23 heavy (non-hydrogen) atoms. The zero-order valence-corrected chi connectivity index (χ0v) is 14.6. The SMILES string of the molecule is CCCCCCCCCOC(=O)/C(OCC)=C(/OCC)C(=O)O. The monoisotopic (exact) mass is 330 g/mol. The maximum Gasteiger partial charge on any atom is 0.377 e. The highest BCUT2D eigenvalue weighted by molar-refractivity contribution is 5.96. The first-order chi connectivity index (χ1) is 11.1. The van der Waals surface area contributed by atoms with Crippen molar-refractivity contribution in [2.24, 2.45) is 0 Å². The van der Waals surface area contributed by atoms with Crippen LogP contribution in [0.2, 0.25) is 0 Å².